The zero-order valence-corrected chi connectivity index (χ0v) is 12.4. The smallest absolute Gasteiger partial charge is 0.229 e. The molecular weight excluding hydrogens is 288 g/mol. The molecule has 3 rings (SSSR count). The minimum absolute atomic E-state index is 0.116. The highest BCUT2D eigenvalue weighted by molar-refractivity contribution is 5.91. The van der Waals surface area contributed by atoms with Gasteiger partial charge in [0.15, 0.2) is 11.6 Å². The normalized spacial score (nSPS) is 10.1. The van der Waals surface area contributed by atoms with Gasteiger partial charge in [0.05, 0.1) is 6.42 Å². The van der Waals surface area contributed by atoms with Crippen LogP contribution in [0.4, 0.5) is 17.3 Å². The molecule has 0 saturated carbocycles. The van der Waals surface area contributed by atoms with E-state index < -0.39 is 0 Å². The van der Waals surface area contributed by atoms with Crippen LogP contribution in [0.25, 0.3) is 0 Å². The number of nitrogens with zero attached hydrogens (tertiary/aromatic N) is 2. The second-order valence-corrected chi connectivity index (χ2v) is 5.01. The maximum absolute atomic E-state index is 12.0. The van der Waals surface area contributed by atoms with Crippen molar-refractivity contribution in [2.24, 2.45) is 0 Å². The largest absolute Gasteiger partial charge is 0.339 e. The summed E-state index contributed by atoms with van der Waals surface area (Å²) in [6.45, 7) is 0. The number of nitrogens with one attached hydrogen (secondary N) is 2. The van der Waals surface area contributed by atoms with Crippen molar-refractivity contribution in [1.29, 1.82) is 0 Å². The molecule has 1 heterocycles. The summed E-state index contributed by atoms with van der Waals surface area (Å²) in [5.74, 6) is 0.941. The first-order chi connectivity index (χ1) is 11.3. The van der Waals surface area contributed by atoms with E-state index in [4.69, 9.17) is 0 Å². The van der Waals surface area contributed by atoms with Gasteiger partial charge in [-0.1, -0.05) is 48.5 Å². The number of amides is 1. The Bertz CT molecular complexity index is 758. The van der Waals surface area contributed by atoms with Crippen molar-refractivity contribution in [3.05, 3.63) is 78.4 Å². The minimum Gasteiger partial charge on any atom is -0.339 e. The Kier molecular flexibility index (Phi) is 4.59. The van der Waals surface area contributed by atoms with E-state index in [1.807, 2.05) is 60.7 Å². The Balaban J connectivity index is 1.58. The lowest BCUT2D eigenvalue weighted by atomic mass is 10.1. The van der Waals surface area contributed by atoms with Gasteiger partial charge in [-0.15, -0.1) is 10.2 Å². The van der Waals surface area contributed by atoms with Crippen molar-refractivity contribution in [3.8, 4) is 0 Å². The molecular formula is C18H16N4O. The lowest BCUT2D eigenvalue weighted by molar-refractivity contribution is -0.115. The van der Waals surface area contributed by atoms with Gasteiger partial charge < -0.3 is 10.6 Å². The van der Waals surface area contributed by atoms with E-state index in [2.05, 4.69) is 20.8 Å². The van der Waals surface area contributed by atoms with Gasteiger partial charge in [0.2, 0.25) is 5.91 Å². The molecule has 0 aliphatic rings. The fourth-order valence-electron chi connectivity index (χ4n) is 2.10. The molecule has 0 fully saturated rings. The van der Waals surface area contributed by atoms with Gasteiger partial charge in [-0.05, 0) is 29.8 Å². The molecule has 0 aliphatic heterocycles. The van der Waals surface area contributed by atoms with Crippen LogP contribution in [0.2, 0.25) is 0 Å². The number of hydrogen-bond donors (Lipinski definition) is 2. The molecule has 1 amide bonds. The van der Waals surface area contributed by atoms with Crippen molar-refractivity contribution in [1.82, 2.24) is 10.2 Å². The molecule has 3 aromatic rings. The van der Waals surface area contributed by atoms with Crippen molar-refractivity contribution in [2.45, 2.75) is 6.42 Å². The van der Waals surface area contributed by atoms with Crippen LogP contribution in [-0.4, -0.2) is 16.1 Å². The zero-order chi connectivity index (χ0) is 15.9. The van der Waals surface area contributed by atoms with Crippen LogP contribution >= 0.6 is 0 Å². The van der Waals surface area contributed by atoms with Gasteiger partial charge in [0.25, 0.3) is 0 Å². The molecule has 0 aliphatic carbocycles. The standard InChI is InChI=1S/C18H16N4O/c23-18(13-14-7-3-1-4-8-14)20-17-12-11-16(21-22-17)19-15-9-5-2-6-10-15/h1-12H,13H2,(H,19,21)(H,20,22,23). The highest BCUT2D eigenvalue weighted by Gasteiger charge is 2.05. The van der Waals surface area contributed by atoms with Crippen LogP contribution in [0.3, 0.4) is 0 Å². The second-order valence-electron chi connectivity index (χ2n) is 5.01. The monoisotopic (exact) mass is 304 g/mol. The van der Waals surface area contributed by atoms with E-state index >= 15 is 0 Å². The zero-order valence-electron chi connectivity index (χ0n) is 12.4. The molecule has 0 spiro atoms. The third-order valence-corrected chi connectivity index (χ3v) is 3.19. The molecule has 0 bridgehead atoms. The molecule has 5 heteroatoms. The molecule has 0 saturated heterocycles. The van der Waals surface area contributed by atoms with Gasteiger partial charge >= 0.3 is 0 Å². The summed E-state index contributed by atoms with van der Waals surface area (Å²) in [4.78, 5) is 12.0. The molecule has 0 unspecified atom stereocenters. The van der Waals surface area contributed by atoms with E-state index in [0.29, 0.717) is 18.1 Å². The number of benzene rings is 2. The van der Waals surface area contributed by atoms with Gasteiger partial charge in [0.1, 0.15) is 0 Å². The van der Waals surface area contributed by atoms with Gasteiger partial charge in [0, 0.05) is 5.69 Å². The van der Waals surface area contributed by atoms with Gasteiger partial charge in [-0.2, -0.15) is 0 Å². The van der Waals surface area contributed by atoms with Crippen molar-refractivity contribution in [3.63, 3.8) is 0 Å². The highest BCUT2D eigenvalue weighted by atomic mass is 16.1. The van der Waals surface area contributed by atoms with Crippen LogP contribution < -0.4 is 10.6 Å². The Labute approximate surface area is 134 Å². The SMILES string of the molecule is O=C(Cc1ccccc1)Nc1ccc(Nc2ccccc2)nn1. The van der Waals surface area contributed by atoms with Crippen molar-refractivity contribution < 1.29 is 4.79 Å². The number of para-hydroxylation sites is 1. The van der Waals surface area contributed by atoms with E-state index in [-0.39, 0.29) is 5.91 Å². The fraction of sp³-hybridized carbons (Fsp3) is 0.0556. The topological polar surface area (TPSA) is 66.9 Å². The maximum atomic E-state index is 12.0. The third kappa shape index (κ3) is 4.38. The molecule has 2 aromatic carbocycles. The van der Waals surface area contributed by atoms with Gasteiger partial charge in [-0.3, -0.25) is 4.79 Å². The van der Waals surface area contributed by atoms with Crippen LogP contribution in [-0.2, 0) is 11.2 Å². The van der Waals surface area contributed by atoms with Crippen molar-refractivity contribution >= 4 is 23.2 Å². The van der Waals surface area contributed by atoms with Crippen molar-refractivity contribution in [2.75, 3.05) is 10.6 Å². The molecule has 2 N–H and O–H groups in total. The first kappa shape index (κ1) is 14.7. The van der Waals surface area contributed by atoms with Crippen LogP contribution in [0.15, 0.2) is 72.8 Å². The molecule has 0 radical (unpaired) electrons. The summed E-state index contributed by atoms with van der Waals surface area (Å²) in [6, 6.07) is 22.8. The Morgan fingerprint density at radius 3 is 2.04 bits per heavy atom. The summed E-state index contributed by atoms with van der Waals surface area (Å²) in [5.41, 5.74) is 1.89. The summed E-state index contributed by atoms with van der Waals surface area (Å²) >= 11 is 0. The third-order valence-electron chi connectivity index (χ3n) is 3.19. The van der Waals surface area contributed by atoms with Gasteiger partial charge in [-0.25, -0.2) is 0 Å². The lowest BCUT2D eigenvalue weighted by Crippen LogP contribution is -2.15. The first-order valence-electron chi connectivity index (χ1n) is 7.29. The van der Waals surface area contributed by atoms with Crippen LogP contribution in [0.1, 0.15) is 5.56 Å². The number of carbonyl (C=O) groups is 1. The van der Waals surface area contributed by atoms with E-state index in [1.165, 1.54) is 0 Å². The summed E-state index contributed by atoms with van der Waals surface area (Å²) < 4.78 is 0. The number of hydrogen-bond acceptors (Lipinski definition) is 4. The Morgan fingerprint density at radius 2 is 1.39 bits per heavy atom. The Hall–Kier alpha value is -3.21. The number of anilines is 3. The van der Waals surface area contributed by atoms with Crippen LogP contribution in [0, 0.1) is 0 Å². The summed E-state index contributed by atoms with van der Waals surface area (Å²) in [6.07, 6.45) is 0.312. The minimum atomic E-state index is -0.116. The average Bonchev–Trinajstić information content (AvgIpc) is 2.58. The Morgan fingerprint density at radius 1 is 0.783 bits per heavy atom. The predicted octanol–water partition coefficient (Wildman–Crippen LogP) is 3.40. The van der Waals surface area contributed by atoms with E-state index in [0.717, 1.165) is 11.3 Å². The summed E-state index contributed by atoms with van der Waals surface area (Å²) in [7, 11) is 0. The summed E-state index contributed by atoms with van der Waals surface area (Å²) in [5, 5.41) is 13.9. The number of rotatable bonds is 5. The molecule has 0 atom stereocenters. The number of aromatic nitrogens is 2. The first-order valence-corrected chi connectivity index (χ1v) is 7.29. The lowest BCUT2D eigenvalue weighted by Gasteiger charge is -2.06. The quantitative estimate of drug-likeness (QED) is 0.758. The van der Waals surface area contributed by atoms with E-state index in [9.17, 15) is 4.79 Å². The second kappa shape index (κ2) is 7.17. The average molecular weight is 304 g/mol. The molecule has 1 aromatic heterocycles. The fourth-order valence-corrected chi connectivity index (χ4v) is 2.10. The predicted molar refractivity (Wildman–Crippen MR) is 90.5 cm³/mol. The molecule has 5 nitrogen and oxygen atoms in total. The molecule has 23 heavy (non-hydrogen) atoms. The molecule has 114 valence electrons. The van der Waals surface area contributed by atoms with Crippen LogP contribution in [0.5, 0.6) is 0 Å². The number of carbonyl (C=O) groups excluding carboxylic acids is 1. The highest BCUT2D eigenvalue weighted by Crippen LogP contribution is 2.14. The van der Waals surface area contributed by atoms with E-state index in [1.54, 1.807) is 12.1 Å². The maximum Gasteiger partial charge on any atom is 0.229 e.